The summed E-state index contributed by atoms with van der Waals surface area (Å²) < 4.78 is 11.0. The van der Waals surface area contributed by atoms with Crippen LogP contribution in [0.25, 0.3) is 0 Å². The molecule has 17 heavy (non-hydrogen) atoms. The fourth-order valence-electron chi connectivity index (χ4n) is 4.87. The van der Waals surface area contributed by atoms with E-state index < -0.39 is 10.8 Å². The summed E-state index contributed by atoms with van der Waals surface area (Å²) in [6.45, 7) is 1.07. The molecule has 3 rings (SSSR count). The van der Waals surface area contributed by atoms with Crippen molar-refractivity contribution in [1.29, 1.82) is 0 Å². The first kappa shape index (κ1) is 12.2. The van der Waals surface area contributed by atoms with Crippen LogP contribution in [-0.4, -0.2) is 28.8 Å². The smallest absolute Gasteiger partial charge is 0.0244 e. The van der Waals surface area contributed by atoms with Gasteiger partial charge >= 0.3 is 0 Å². The number of rotatable bonds is 5. The fraction of sp³-hybridized carbons (Fsp3) is 1.00. The maximum Gasteiger partial charge on any atom is 0.0244 e. The van der Waals surface area contributed by atoms with Gasteiger partial charge in [0, 0.05) is 28.9 Å². The molecule has 3 fully saturated rings. The number of fused-ring (bicyclic) bond motifs is 5. The Kier molecular flexibility index (Phi) is 3.58. The van der Waals surface area contributed by atoms with Gasteiger partial charge in [-0.1, -0.05) is 6.42 Å². The molecular weight excluding hydrogens is 230 g/mol. The highest BCUT2D eigenvalue weighted by Crippen LogP contribution is 2.58. The van der Waals surface area contributed by atoms with Crippen LogP contribution in [0.2, 0.25) is 0 Å². The molecule has 3 aliphatic carbocycles. The van der Waals surface area contributed by atoms with Crippen LogP contribution in [0.3, 0.4) is 0 Å². The number of nitrogens with one attached hydrogen (secondary N) is 1. The Labute approximate surface area is 107 Å². The van der Waals surface area contributed by atoms with Gasteiger partial charge in [-0.15, -0.1) is 0 Å². The molecule has 0 amide bonds. The molecule has 0 spiro atoms. The van der Waals surface area contributed by atoms with Gasteiger partial charge in [0.1, 0.15) is 0 Å². The first-order valence-electron chi connectivity index (χ1n) is 7.29. The van der Waals surface area contributed by atoms with Gasteiger partial charge < -0.3 is 5.32 Å². The van der Waals surface area contributed by atoms with Crippen LogP contribution in [0, 0.1) is 23.7 Å². The van der Waals surface area contributed by atoms with E-state index in [0.717, 1.165) is 48.4 Å². The Hall–Kier alpha value is 0.110. The van der Waals surface area contributed by atoms with Crippen molar-refractivity contribution in [3.63, 3.8) is 0 Å². The first-order chi connectivity index (χ1) is 8.25. The minimum absolute atomic E-state index is 0.615. The van der Waals surface area contributed by atoms with E-state index in [2.05, 4.69) is 5.32 Å². The number of hydrogen-bond acceptors (Lipinski definition) is 2. The van der Waals surface area contributed by atoms with Crippen molar-refractivity contribution >= 4 is 10.8 Å². The highest BCUT2D eigenvalue weighted by Gasteiger charge is 2.53. The molecule has 0 unspecified atom stereocenters. The van der Waals surface area contributed by atoms with E-state index in [1.165, 1.54) is 32.1 Å². The average molecular weight is 255 g/mol. The predicted molar refractivity (Wildman–Crippen MR) is 72.4 cm³/mol. The van der Waals surface area contributed by atoms with Gasteiger partial charge in [-0.25, -0.2) is 0 Å². The molecule has 0 aromatic carbocycles. The van der Waals surface area contributed by atoms with Crippen LogP contribution >= 0.6 is 0 Å². The van der Waals surface area contributed by atoms with Gasteiger partial charge in [-0.2, -0.15) is 0 Å². The quantitative estimate of drug-likeness (QED) is 0.763. The minimum Gasteiger partial charge on any atom is -0.314 e. The second-order valence-electron chi connectivity index (χ2n) is 6.35. The molecule has 0 radical (unpaired) electrons. The number of hydrogen-bond donors (Lipinski definition) is 1. The van der Waals surface area contributed by atoms with Crippen molar-refractivity contribution in [2.45, 2.75) is 44.6 Å². The van der Waals surface area contributed by atoms with E-state index in [-0.39, 0.29) is 0 Å². The van der Waals surface area contributed by atoms with Crippen molar-refractivity contribution in [1.82, 2.24) is 5.32 Å². The Morgan fingerprint density at radius 3 is 2.82 bits per heavy atom. The minimum atomic E-state index is -0.615. The standard InChI is InChI=1S/C14H25NOS/c1-17(16)7-3-6-15-14-9-10-8-13(14)12-5-2-4-11(10)12/h10-15H,2-9H2,1H3/t10-,11-,12+,13+,14+,17-/m0/s1. The fourth-order valence-corrected chi connectivity index (χ4v) is 5.42. The maximum absolute atomic E-state index is 11.0. The molecule has 3 heteroatoms. The zero-order valence-corrected chi connectivity index (χ0v) is 11.7. The molecule has 2 bridgehead atoms. The van der Waals surface area contributed by atoms with Crippen molar-refractivity contribution in [3.8, 4) is 0 Å². The molecule has 1 N–H and O–H groups in total. The molecule has 6 atom stereocenters. The lowest BCUT2D eigenvalue weighted by Gasteiger charge is -2.32. The molecule has 98 valence electrons. The third kappa shape index (κ3) is 2.33. The highest BCUT2D eigenvalue weighted by molar-refractivity contribution is 7.84. The topological polar surface area (TPSA) is 29.1 Å². The van der Waals surface area contributed by atoms with Gasteiger partial charge in [0.2, 0.25) is 0 Å². The molecule has 0 aromatic rings. The Bertz CT molecular complexity index is 307. The zero-order valence-electron chi connectivity index (χ0n) is 10.9. The summed E-state index contributed by atoms with van der Waals surface area (Å²) in [5.74, 6) is 5.05. The lowest BCUT2D eigenvalue weighted by molar-refractivity contribution is 0.209. The summed E-state index contributed by atoms with van der Waals surface area (Å²) >= 11 is 0. The summed E-state index contributed by atoms with van der Waals surface area (Å²) in [6.07, 6.45) is 10.3. The zero-order chi connectivity index (χ0) is 11.8. The Morgan fingerprint density at radius 2 is 2.00 bits per heavy atom. The molecule has 0 aromatic heterocycles. The maximum atomic E-state index is 11.0. The molecule has 0 aliphatic heterocycles. The second-order valence-corrected chi connectivity index (χ2v) is 7.90. The van der Waals surface area contributed by atoms with Gasteiger partial charge in [0.25, 0.3) is 0 Å². The lowest BCUT2D eigenvalue weighted by Crippen LogP contribution is -2.39. The first-order valence-corrected chi connectivity index (χ1v) is 9.02. The SMILES string of the molecule is C[S@](=O)CCCN[C@@H]1C[C@@H]2C[C@@H]1[C@@H]1CCC[C@@H]21. The van der Waals surface area contributed by atoms with Crippen LogP contribution in [0.15, 0.2) is 0 Å². The molecule has 3 aliphatic rings. The summed E-state index contributed by atoms with van der Waals surface area (Å²) in [6, 6.07) is 0.796. The monoisotopic (exact) mass is 255 g/mol. The summed E-state index contributed by atoms with van der Waals surface area (Å²) in [7, 11) is -0.615. The van der Waals surface area contributed by atoms with Crippen molar-refractivity contribution in [3.05, 3.63) is 0 Å². The van der Waals surface area contributed by atoms with E-state index in [9.17, 15) is 4.21 Å². The van der Waals surface area contributed by atoms with Crippen LogP contribution in [0.5, 0.6) is 0 Å². The van der Waals surface area contributed by atoms with Gasteiger partial charge in [-0.05, 0) is 62.3 Å². The van der Waals surface area contributed by atoms with Gasteiger partial charge in [0.05, 0.1) is 0 Å². The Morgan fingerprint density at radius 1 is 1.18 bits per heavy atom. The lowest BCUT2D eigenvalue weighted by atomic mass is 9.79. The largest absolute Gasteiger partial charge is 0.314 e. The van der Waals surface area contributed by atoms with Crippen molar-refractivity contribution in [2.24, 2.45) is 23.7 Å². The van der Waals surface area contributed by atoms with Gasteiger partial charge in [-0.3, -0.25) is 4.21 Å². The van der Waals surface area contributed by atoms with E-state index in [4.69, 9.17) is 0 Å². The molecule has 3 saturated carbocycles. The van der Waals surface area contributed by atoms with E-state index in [0.29, 0.717) is 0 Å². The van der Waals surface area contributed by atoms with Crippen LogP contribution in [-0.2, 0) is 10.8 Å². The molecular formula is C14H25NOS. The van der Waals surface area contributed by atoms with E-state index in [1.807, 2.05) is 0 Å². The Balaban J connectivity index is 1.46. The molecule has 0 heterocycles. The summed E-state index contributed by atoms with van der Waals surface area (Å²) in [5.41, 5.74) is 0. The average Bonchev–Trinajstić information content (AvgIpc) is 2.95. The van der Waals surface area contributed by atoms with E-state index in [1.54, 1.807) is 6.26 Å². The van der Waals surface area contributed by atoms with Crippen LogP contribution in [0.4, 0.5) is 0 Å². The van der Waals surface area contributed by atoms with Crippen LogP contribution in [0.1, 0.15) is 38.5 Å². The second kappa shape index (κ2) is 5.00. The third-order valence-electron chi connectivity index (χ3n) is 5.44. The molecule has 0 saturated heterocycles. The van der Waals surface area contributed by atoms with Crippen molar-refractivity contribution in [2.75, 3.05) is 18.6 Å². The predicted octanol–water partition coefficient (Wildman–Crippen LogP) is 2.17. The normalized spacial score (nSPS) is 45.1. The van der Waals surface area contributed by atoms with Crippen LogP contribution < -0.4 is 5.32 Å². The van der Waals surface area contributed by atoms with Gasteiger partial charge in [0.15, 0.2) is 0 Å². The summed E-state index contributed by atoms with van der Waals surface area (Å²) in [4.78, 5) is 0. The van der Waals surface area contributed by atoms with Crippen molar-refractivity contribution < 1.29 is 4.21 Å². The third-order valence-corrected chi connectivity index (χ3v) is 6.31. The van der Waals surface area contributed by atoms with E-state index >= 15 is 0 Å². The molecule has 2 nitrogen and oxygen atoms in total. The highest BCUT2D eigenvalue weighted by atomic mass is 32.2. The summed E-state index contributed by atoms with van der Waals surface area (Å²) in [5, 5.41) is 3.75.